The van der Waals surface area contributed by atoms with Crippen molar-refractivity contribution in [2.75, 3.05) is 12.0 Å². The summed E-state index contributed by atoms with van der Waals surface area (Å²) in [4.78, 5) is 19.1. The number of hydrogen-bond acceptors (Lipinski definition) is 3. The number of anilines is 1. The topological polar surface area (TPSA) is 42.4 Å². The molecule has 0 aliphatic carbocycles. The molecule has 1 amide bonds. The number of ether oxygens (including phenoxy) is 1. The predicted molar refractivity (Wildman–Crippen MR) is 98.9 cm³/mol. The Morgan fingerprint density at radius 2 is 1.72 bits per heavy atom. The van der Waals surface area contributed by atoms with Crippen molar-refractivity contribution in [3.05, 3.63) is 89.6 Å². The molecule has 0 atom stereocenters. The van der Waals surface area contributed by atoms with Gasteiger partial charge in [0.1, 0.15) is 11.6 Å². The maximum Gasteiger partial charge on any atom is 0.259 e. The Kier molecular flexibility index (Phi) is 5.09. The normalized spacial score (nSPS) is 10.3. The van der Waals surface area contributed by atoms with Crippen LogP contribution < -0.4 is 9.64 Å². The van der Waals surface area contributed by atoms with Gasteiger partial charge in [-0.1, -0.05) is 35.9 Å². The Morgan fingerprint density at radius 1 is 1.00 bits per heavy atom. The van der Waals surface area contributed by atoms with Crippen LogP contribution in [0.4, 0.5) is 5.82 Å². The van der Waals surface area contributed by atoms with Crippen molar-refractivity contribution in [1.29, 1.82) is 0 Å². The summed E-state index contributed by atoms with van der Waals surface area (Å²) in [6, 6.07) is 20.8. The van der Waals surface area contributed by atoms with Crippen LogP contribution in [0.1, 0.15) is 21.5 Å². The molecular weight excluding hydrogens is 312 g/mol. The van der Waals surface area contributed by atoms with Crippen LogP contribution >= 0.6 is 0 Å². The number of nitrogens with zero attached hydrogens (tertiary/aromatic N) is 2. The summed E-state index contributed by atoms with van der Waals surface area (Å²) < 4.78 is 5.19. The maximum atomic E-state index is 13.0. The molecule has 25 heavy (non-hydrogen) atoms. The number of aryl methyl sites for hydroxylation is 1. The summed E-state index contributed by atoms with van der Waals surface area (Å²) in [5.41, 5.74) is 2.77. The first-order chi connectivity index (χ1) is 12.2. The first-order valence-corrected chi connectivity index (χ1v) is 8.10. The largest absolute Gasteiger partial charge is 0.497 e. The molecule has 2 aromatic carbocycles. The zero-order valence-electron chi connectivity index (χ0n) is 14.3. The minimum atomic E-state index is -0.0745. The van der Waals surface area contributed by atoms with E-state index in [9.17, 15) is 4.79 Å². The molecule has 0 saturated carbocycles. The van der Waals surface area contributed by atoms with Crippen molar-refractivity contribution in [1.82, 2.24) is 4.98 Å². The molecule has 1 heterocycles. The van der Waals surface area contributed by atoms with Crippen molar-refractivity contribution >= 4 is 11.7 Å². The molecule has 0 bridgehead atoms. The number of methoxy groups -OCH3 is 1. The van der Waals surface area contributed by atoms with Crippen molar-refractivity contribution in [2.24, 2.45) is 0 Å². The zero-order chi connectivity index (χ0) is 17.6. The third-order valence-corrected chi connectivity index (χ3v) is 3.97. The number of benzene rings is 2. The van der Waals surface area contributed by atoms with E-state index in [1.54, 1.807) is 18.2 Å². The number of carbonyl (C=O) groups is 1. The second-order valence-electron chi connectivity index (χ2n) is 5.79. The molecule has 0 fully saturated rings. The van der Waals surface area contributed by atoms with Crippen LogP contribution in [-0.2, 0) is 6.54 Å². The molecule has 0 saturated heterocycles. The van der Waals surface area contributed by atoms with Crippen LogP contribution in [0.5, 0.6) is 5.75 Å². The highest BCUT2D eigenvalue weighted by Gasteiger charge is 2.19. The number of rotatable bonds is 5. The average Bonchev–Trinajstić information content (AvgIpc) is 2.67. The van der Waals surface area contributed by atoms with Gasteiger partial charge in [-0.15, -0.1) is 0 Å². The van der Waals surface area contributed by atoms with Crippen molar-refractivity contribution in [3.8, 4) is 5.75 Å². The molecule has 4 nitrogen and oxygen atoms in total. The monoisotopic (exact) mass is 332 g/mol. The predicted octanol–water partition coefficient (Wildman–Crippen LogP) is 4.25. The second kappa shape index (κ2) is 7.62. The summed E-state index contributed by atoms with van der Waals surface area (Å²) in [5.74, 6) is 1.34. The summed E-state index contributed by atoms with van der Waals surface area (Å²) in [6.45, 7) is 2.44. The minimum Gasteiger partial charge on any atom is -0.497 e. The number of pyridine rings is 1. The van der Waals surface area contributed by atoms with E-state index >= 15 is 0 Å². The van der Waals surface area contributed by atoms with Crippen molar-refractivity contribution in [3.63, 3.8) is 0 Å². The highest BCUT2D eigenvalue weighted by atomic mass is 16.5. The Morgan fingerprint density at radius 3 is 2.32 bits per heavy atom. The van der Waals surface area contributed by atoms with Gasteiger partial charge in [-0.2, -0.15) is 0 Å². The molecule has 0 aliphatic heterocycles. The molecule has 0 unspecified atom stereocenters. The molecule has 0 N–H and O–H groups in total. The summed E-state index contributed by atoms with van der Waals surface area (Å²) in [7, 11) is 1.64. The lowest BCUT2D eigenvalue weighted by Crippen LogP contribution is -2.31. The van der Waals surface area contributed by atoms with E-state index < -0.39 is 0 Å². The minimum absolute atomic E-state index is 0.0745. The molecule has 1 aromatic heterocycles. The molecule has 126 valence electrons. The van der Waals surface area contributed by atoms with Gasteiger partial charge in [-0.25, -0.2) is 4.98 Å². The zero-order valence-corrected chi connectivity index (χ0v) is 14.3. The standard InChI is InChI=1S/C21H20N2O2/c1-16-6-10-18(11-7-16)21(24)23(20-5-3-4-14-22-20)15-17-8-12-19(25-2)13-9-17/h3-14H,15H2,1-2H3. The fraction of sp³-hybridized carbons (Fsp3) is 0.143. The number of carbonyl (C=O) groups excluding carboxylic acids is 1. The molecule has 0 aliphatic rings. The van der Waals surface area contributed by atoms with E-state index in [2.05, 4.69) is 4.98 Å². The molecule has 4 heteroatoms. The lowest BCUT2D eigenvalue weighted by Gasteiger charge is -2.22. The quantitative estimate of drug-likeness (QED) is 0.701. The second-order valence-corrected chi connectivity index (χ2v) is 5.79. The molecular formula is C21H20N2O2. The fourth-order valence-electron chi connectivity index (χ4n) is 2.54. The first-order valence-electron chi connectivity index (χ1n) is 8.10. The lowest BCUT2D eigenvalue weighted by atomic mass is 10.1. The summed E-state index contributed by atoms with van der Waals surface area (Å²) in [5, 5.41) is 0. The van der Waals surface area contributed by atoms with Crippen LogP contribution in [-0.4, -0.2) is 18.0 Å². The molecule has 3 rings (SSSR count). The average molecular weight is 332 g/mol. The van der Waals surface area contributed by atoms with Gasteiger partial charge in [0.2, 0.25) is 0 Å². The Labute approximate surface area is 147 Å². The fourth-order valence-corrected chi connectivity index (χ4v) is 2.54. The van der Waals surface area contributed by atoms with Crippen LogP contribution in [0.15, 0.2) is 72.9 Å². The third-order valence-electron chi connectivity index (χ3n) is 3.97. The Balaban J connectivity index is 1.92. The Hall–Kier alpha value is -3.14. The number of aromatic nitrogens is 1. The van der Waals surface area contributed by atoms with Gasteiger partial charge in [-0.05, 0) is 48.9 Å². The molecule has 3 aromatic rings. The van der Waals surface area contributed by atoms with Crippen molar-refractivity contribution in [2.45, 2.75) is 13.5 Å². The van der Waals surface area contributed by atoms with E-state index in [1.165, 1.54) is 0 Å². The lowest BCUT2D eigenvalue weighted by molar-refractivity contribution is 0.0984. The van der Waals surface area contributed by atoms with Gasteiger partial charge >= 0.3 is 0 Å². The number of hydrogen-bond donors (Lipinski definition) is 0. The summed E-state index contributed by atoms with van der Waals surface area (Å²) >= 11 is 0. The molecule has 0 spiro atoms. The molecule has 0 radical (unpaired) electrons. The smallest absolute Gasteiger partial charge is 0.259 e. The van der Waals surface area contributed by atoms with Crippen molar-refractivity contribution < 1.29 is 9.53 Å². The highest BCUT2D eigenvalue weighted by Crippen LogP contribution is 2.20. The van der Waals surface area contributed by atoms with Gasteiger partial charge in [0.15, 0.2) is 0 Å². The number of amides is 1. The van der Waals surface area contributed by atoms with E-state index in [-0.39, 0.29) is 5.91 Å². The van der Waals surface area contributed by atoms with Crippen LogP contribution in [0.3, 0.4) is 0 Å². The van der Waals surface area contributed by atoms with Crippen LogP contribution in [0.25, 0.3) is 0 Å². The van der Waals surface area contributed by atoms with E-state index in [4.69, 9.17) is 4.74 Å². The van der Waals surface area contributed by atoms with Gasteiger partial charge in [0.05, 0.1) is 13.7 Å². The van der Waals surface area contributed by atoms with E-state index in [0.29, 0.717) is 17.9 Å². The maximum absolute atomic E-state index is 13.0. The van der Waals surface area contributed by atoms with Crippen LogP contribution in [0.2, 0.25) is 0 Å². The third kappa shape index (κ3) is 4.04. The Bertz CT molecular complexity index is 828. The van der Waals surface area contributed by atoms with E-state index in [0.717, 1.165) is 16.9 Å². The van der Waals surface area contributed by atoms with Gasteiger partial charge < -0.3 is 4.74 Å². The first kappa shape index (κ1) is 16.7. The van der Waals surface area contributed by atoms with Gasteiger partial charge in [0.25, 0.3) is 5.91 Å². The van der Waals surface area contributed by atoms with Gasteiger partial charge in [0, 0.05) is 11.8 Å². The highest BCUT2D eigenvalue weighted by molar-refractivity contribution is 6.05. The SMILES string of the molecule is COc1ccc(CN(C(=O)c2ccc(C)cc2)c2ccccn2)cc1. The summed E-state index contributed by atoms with van der Waals surface area (Å²) in [6.07, 6.45) is 1.69. The van der Waals surface area contributed by atoms with Crippen LogP contribution in [0, 0.1) is 6.92 Å². The van der Waals surface area contributed by atoms with Gasteiger partial charge in [-0.3, -0.25) is 9.69 Å². The van der Waals surface area contributed by atoms with E-state index in [1.807, 2.05) is 73.7 Å².